The summed E-state index contributed by atoms with van der Waals surface area (Å²) in [7, 11) is 0. The molecule has 0 aliphatic heterocycles. The molecule has 7 aromatic rings. The molecule has 0 aliphatic rings. The molecule has 0 atom stereocenters. The summed E-state index contributed by atoms with van der Waals surface area (Å²) >= 11 is 3.51. The molecule has 0 fully saturated rings. The van der Waals surface area contributed by atoms with Crippen LogP contribution in [0.3, 0.4) is 0 Å². The van der Waals surface area contributed by atoms with E-state index in [-0.39, 0.29) is 5.78 Å². The summed E-state index contributed by atoms with van der Waals surface area (Å²) in [6, 6.07) is 12.9. The first-order chi connectivity index (χ1) is 35.6. The maximum atomic E-state index is 14.2. The van der Waals surface area contributed by atoms with Gasteiger partial charge in [-0.2, -0.15) is 132 Å². The molecule has 2 nitrogen and oxygen atoms in total. The average Bonchev–Trinajstić information content (AvgIpc) is 3.37. The van der Waals surface area contributed by atoms with Crippen LogP contribution < -0.4 is 26.4 Å². The van der Waals surface area contributed by atoms with Gasteiger partial charge in [-0.3, -0.25) is 4.79 Å². The number of Topliss-reactive ketones (excluding diaryl/α,β-unsaturated/α-hetero) is 1. The second-order valence-corrected chi connectivity index (χ2v) is 17.7. The molecule has 0 bridgehead atoms. The summed E-state index contributed by atoms with van der Waals surface area (Å²) < 4.78 is 343. The van der Waals surface area contributed by atoms with Gasteiger partial charge in [0.05, 0.1) is 49.8 Å². The molecule has 28 heteroatoms. The number of benzene rings is 6. The van der Waals surface area contributed by atoms with Crippen LogP contribution in [0.15, 0.2) is 140 Å². The van der Waals surface area contributed by atoms with E-state index in [4.69, 9.17) is 0 Å². The number of carbonyl (C=O) groups excluding carboxylic acids is 1. The minimum absolute atomic E-state index is 0.124. The number of nitrogens with zero attached hydrogens (tertiary/aromatic N) is 1. The van der Waals surface area contributed by atoms with Gasteiger partial charge in [0.25, 0.3) is 0 Å². The third-order valence-corrected chi connectivity index (χ3v) is 12.6. The van der Waals surface area contributed by atoms with Crippen molar-refractivity contribution in [2.24, 2.45) is 0 Å². The summed E-state index contributed by atoms with van der Waals surface area (Å²) in [5, 5.41) is 1.86. The highest BCUT2D eigenvalue weighted by Gasteiger charge is 2.47. The van der Waals surface area contributed by atoms with Crippen molar-refractivity contribution in [3.63, 3.8) is 0 Å². The van der Waals surface area contributed by atoms with Crippen LogP contribution in [0.25, 0.3) is 10.9 Å². The number of rotatable bonds is 8. The monoisotopic (exact) mass is 1200 g/mol. The number of alkyl halides is 25. The Bertz CT molecular complexity index is 2890. The first-order valence-corrected chi connectivity index (χ1v) is 22.6. The number of fused-ring (bicyclic) bond motifs is 1. The lowest BCUT2D eigenvalue weighted by atomic mass is 9.12. The fraction of sp³-hybridized carbons (Fsp3) is 0.200. The molecule has 0 N–H and O–H groups in total. The van der Waals surface area contributed by atoms with Crippen molar-refractivity contribution in [3.8, 4) is 0 Å². The largest absolute Gasteiger partial charge is 0.416 e. The van der Waals surface area contributed by atoms with Crippen LogP contribution in [-0.2, 0) is 61.3 Å². The number of aromatic nitrogens is 1. The summed E-state index contributed by atoms with van der Waals surface area (Å²) in [4.78, 5) is 12.5. The molecule has 0 radical (unpaired) electrons. The standard InChI is InChI=1S/C32H12BF24.C18H15BrNO/c34-25(35,36)13-1-14(26(37,38)39)6-21(5-13)33(22-7-15(27(40,41)42)2-16(8-22)28(43,44)45,23-9-17(29(46,47)48)3-18(10-23)30(49,50)51)24-11-19(31(52,53)54)4-20(12-24)32(55,56)57;19-12-16-11-10-14-6-4-5-9-17(14)20(16)13-18(21)15-7-2-1-3-8-15/h1-12H;1-11H,12-13H2/q-1;+1. The smallest absolute Gasteiger partial charge is 0.287 e. The summed E-state index contributed by atoms with van der Waals surface area (Å²) in [6.45, 7) is 0.353. The quantitative estimate of drug-likeness (QED) is 0.0488. The van der Waals surface area contributed by atoms with Crippen LogP contribution >= 0.6 is 15.9 Å². The van der Waals surface area contributed by atoms with E-state index in [1.807, 2.05) is 42.5 Å². The number of para-hydroxylation sites is 1. The Morgan fingerprint density at radius 3 is 0.897 bits per heavy atom. The van der Waals surface area contributed by atoms with Gasteiger partial charge in [0, 0.05) is 23.1 Å². The molecule has 0 saturated carbocycles. The highest BCUT2D eigenvalue weighted by molar-refractivity contribution is 9.08. The zero-order chi connectivity index (χ0) is 58.6. The Balaban J connectivity index is 0.000000387. The third kappa shape index (κ3) is 13.4. The molecule has 6 aromatic carbocycles. The number of halogens is 25. The van der Waals surface area contributed by atoms with E-state index in [1.54, 1.807) is 0 Å². The Kier molecular flexibility index (Phi) is 16.4. The van der Waals surface area contributed by atoms with Crippen molar-refractivity contribution >= 4 is 60.6 Å². The Hall–Kier alpha value is -6.74. The van der Waals surface area contributed by atoms with Gasteiger partial charge < -0.3 is 0 Å². The minimum atomic E-state index is -6.13. The first kappa shape index (κ1) is 60.5. The molecule has 1 aromatic heterocycles. The summed E-state index contributed by atoms with van der Waals surface area (Å²) in [6.07, 6.45) is -54.8. The van der Waals surface area contributed by atoms with E-state index in [9.17, 15) is 110 Å². The summed E-state index contributed by atoms with van der Waals surface area (Å²) in [5.41, 5.74) is -27.3. The number of ketones is 1. The second-order valence-electron chi connectivity index (χ2n) is 17.1. The molecule has 0 saturated heterocycles. The van der Waals surface area contributed by atoms with E-state index in [0.717, 1.165) is 27.5 Å². The number of carbonyl (C=O) groups is 1. The highest BCUT2D eigenvalue weighted by Crippen LogP contribution is 2.41. The van der Waals surface area contributed by atoms with Crippen molar-refractivity contribution < 1.29 is 115 Å². The van der Waals surface area contributed by atoms with Gasteiger partial charge in [0.15, 0.2) is 5.69 Å². The van der Waals surface area contributed by atoms with Crippen molar-refractivity contribution in [1.82, 2.24) is 0 Å². The van der Waals surface area contributed by atoms with E-state index >= 15 is 0 Å². The molecule has 78 heavy (non-hydrogen) atoms. The van der Waals surface area contributed by atoms with Gasteiger partial charge in [0.2, 0.25) is 17.8 Å². The van der Waals surface area contributed by atoms with Gasteiger partial charge >= 0.3 is 49.4 Å². The zero-order valence-electron chi connectivity index (χ0n) is 38.1. The molecule has 0 spiro atoms. The highest BCUT2D eigenvalue weighted by atomic mass is 79.9. The Labute approximate surface area is 431 Å². The number of hydrogen-bond acceptors (Lipinski definition) is 1. The van der Waals surface area contributed by atoms with E-state index in [0.29, 0.717) is 6.54 Å². The van der Waals surface area contributed by atoms with Gasteiger partial charge in [-0.25, -0.2) is 0 Å². The van der Waals surface area contributed by atoms with E-state index in [2.05, 4.69) is 44.8 Å². The topological polar surface area (TPSA) is 20.9 Å². The van der Waals surface area contributed by atoms with Gasteiger partial charge in [-0.05, 0) is 36.4 Å². The van der Waals surface area contributed by atoms with E-state index in [1.165, 1.54) is 0 Å². The lowest BCUT2D eigenvalue weighted by Gasteiger charge is -2.46. The molecule has 0 amide bonds. The number of hydrogen-bond donors (Lipinski definition) is 0. The molecular weight excluding hydrogens is 1180 g/mol. The predicted octanol–water partition coefficient (Wildman–Crippen LogP) is 15.1. The molecule has 1 heterocycles. The van der Waals surface area contributed by atoms with Crippen LogP contribution in [0.4, 0.5) is 105 Å². The Morgan fingerprint density at radius 1 is 0.359 bits per heavy atom. The average molecular weight is 1200 g/mol. The minimum Gasteiger partial charge on any atom is -0.287 e. The first-order valence-electron chi connectivity index (χ1n) is 21.5. The predicted molar refractivity (Wildman–Crippen MR) is 238 cm³/mol. The fourth-order valence-electron chi connectivity index (χ4n) is 8.54. The SMILES string of the molecule is FC(F)(F)c1cc([B-](c2cc(C(F)(F)F)cc(C(F)(F)F)c2)(c2cc(C(F)(F)F)cc(C(F)(F)F)c2)c2cc(C(F)(F)F)cc(C(F)(F)F)c2)cc(C(F)(F)F)c1.O=C(C[n+]1c(CBr)ccc2ccccc21)c1ccccc1. The van der Waals surface area contributed by atoms with Crippen LogP contribution in [0.1, 0.15) is 60.6 Å². The van der Waals surface area contributed by atoms with Crippen LogP contribution in [0, 0.1) is 0 Å². The van der Waals surface area contributed by atoms with Crippen molar-refractivity contribution in [1.29, 1.82) is 0 Å². The Morgan fingerprint density at radius 2 is 0.628 bits per heavy atom. The molecule has 416 valence electrons. The molecule has 0 aliphatic carbocycles. The van der Waals surface area contributed by atoms with Crippen molar-refractivity contribution in [2.75, 3.05) is 0 Å². The van der Waals surface area contributed by atoms with Crippen LogP contribution in [0.2, 0.25) is 0 Å². The lowest BCUT2D eigenvalue weighted by Crippen LogP contribution is -2.75. The van der Waals surface area contributed by atoms with Gasteiger partial charge in [0.1, 0.15) is 6.15 Å². The van der Waals surface area contributed by atoms with E-state index < -0.39 is 195 Å². The molecule has 7 rings (SSSR count). The maximum absolute atomic E-state index is 14.2. The van der Waals surface area contributed by atoms with Gasteiger partial charge in [-0.1, -0.05) is 107 Å². The molecule has 0 unspecified atom stereocenters. The second kappa shape index (κ2) is 21.1. The third-order valence-electron chi connectivity index (χ3n) is 12.0. The lowest BCUT2D eigenvalue weighted by molar-refractivity contribution is -0.663. The van der Waals surface area contributed by atoms with Crippen LogP contribution in [-0.4, -0.2) is 11.9 Å². The van der Waals surface area contributed by atoms with Crippen LogP contribution in [0.5, 0.6) is 0 Å². The molecular formula is C50H27BBrF24NO. The van der Waals surface area contributed by atoms with Crippen molar-refractivity contribution in [3.05, 3.63) is 195 Å². The van der Waals surface area contributed by atoms with Gasteiger partial charge in [-0.15, -0.1) is 0 Å². The number of pyridine rings is 1. The fourth-order valence-corrected chi connectivity index (χ4v) is 9.03. The maximum Gasteiger partial charge on any atom is 0.416 e. The van der Waals surface area contributed by atoms with Crippen molar-refractivity contribution in [2.45, 2.75) is 61.3 Å². The summed E-state index contributed by atoms with van der Waals surface area (Å²) in [5.74, 6) is 0.124. The normalized spacial score (nSPS) is 13.3. The zero-order valence-corrected chi connectivity index (χ0v) is 39.7.